The predicted molar refractivity (Wildman–Crippen MR) is 116 cm³/mol. The molecule has 3 heterocycles. The smallest absolute Gasteiger partial charge is 0.232 e. The number of piperidine rings is 1. The number of phenolic OH excluding ortho intramolecular Hbond substituents is 1. The lowest BCUT2D eigenvalue weighted by Crippen LogP contribution is -2.67. The number of hydrogen-bond acceptors (Lipinski definition) is 4. The van der Waals surface area contributed by atoms with Gasteiger partial charge in [-0.25, -0.2) is 4.39 Å². The second-order valence-corrected chi connectivity index (χ2v) is 9.37. The number of carbonyl (C=O) groups is 1. The topological polar surface area (TPSA) is 56.7 Å². The molecule has 1 unspecified atom stereocenters. The van der Waals surface area contributed by atoms with Gasteiger partial charge in [0.05, 0.1) is 11.5 Å². The first-order chi connectivity index (χ1) is 15.1. The highest BCUT2D eigenvalue weighted by Crippen LogP contribution is 2.59. The summed E-state index contributed by atoms with van der Waals surface area (Å²) in [5.74, 6) is -0.480. The van der Waals surface area contributed by atoms with Crippen molar-refractivity contribution in [2.45, 2.75) is 63.6 Å². The van der Waals surface area contributed by atoms with Gasteiger partial charge in [0, 0.05) is 43.6 Å². The van der Waals surface area contributed by atoms with Crippen molar-refractivity contribution in [3.8, 4) is 5.75 Å². The Kier molecular flexibility index (Phi) is 5.42. The second kappa shape index (κ2) is 8.23. The van der Waals surface area contributed by atoms with E-state index >= 15 is 0 Å². The van der Waals surface area contributed by atoms with Crippen molar-refractivity contribution in [2.24, 2.45) is 5.41 Å². The van der Waals surface area contributed by atoms with E-state index in [1.54, 1.807) is 12.1 Å². The van der Waals surface area contributed by atoms with Crippen LogP contribution in [0.2, 0.25) is 0 Å². The van der Waals surface area contributed by atoms with E-state index in [9.17, 15) is 14.3 Å². The number of aromatic hydroxyl groups is 1. The number of β-lactam (4-membered cyclic amide) rings is 1. The molecule has 5 nitrogen and oxygen atoms in total. The van der Waals surface area contributed by atoms with Gasteiger partial charge >= 0.3 is 0 Å². The van der Waals surface area contributed by atoms with Crippen LogP contribution in [0.15, 0.2) is 42.7 Å². The fourth-order valence-corrected chi connectivity index (χ4v) is 6.05. The average molecular weight is 424 g/mol. The van der Waals surface area contributed by atoms with Crippen LogP contribution in [-0.2, 0) is 11.3 Å². The highest BCUT2D eigenvalue weighted by Gasteiger charge is 2.62. The summed E-state index contributed by atoms with van der Waals surface area (Å²) in [4.78, 5) is 22.1. The molecule has 2 aliphatic heterocycles. The third kappa shape index (κ3) is 3.51. The summed E-state index contributed by atoms with van der Waals surface area (Å²) in [6.07, 6.45) is 11.0. The minimum absolute atomic E-state index is 0.159. The number of para-hydroxylation sites is 1. The molecular formula is C25H30FN3O2. The first-order valence-electron chi connectivity index (χ1n) is 11.5. The largest absolute Gasteiger partial charge is 0.505 e. The number of rotatable bonds is 4. The molecular weight excluding hydrogens is 393 g/mol. The zero-order valence-corrected chi connectivity index (χ0v) is 17.8. The molecule has 1 aromatic heterocycles. The number of halogens is 1. The molecule has 2 saturated heterocycles. The lowest BCUT2D eigenvalue weighted by molar-refractivity contribution is -0.186. The highest BCUT2D eigenvalue weighted by atomic mass is 19.1. The lowest BCUT2D eigenvalue weighted by atomic mass is 9.59. The molecule has 1 spiro atoms. The maximum Gasteiger partial charge on any atom is 0.232 e. The molecule has 1 aliphatic carbocycles. The number of phenols is 1. The molecule has 1 saturated carbocycles. The minimum Gasteiger partial charge on any atom is -0.505 e. The molecule has 31 heavy (non-hydrogen) atoms. The molecule has 3 aliphatic rings. The van der Waals surface area contributed by atoms with Crippen LogP contribution in [-0.4, -0.2) is 44.9 Å². The number of amides is 1. The number of hydrogen-bond donors (Lipinski definition) is 1. The van der Waals surface area contributed by atoms with Gasteiger partial charge in [0.2, 0.25) is 5.91 Å². The third-order valence-electron chi connectivity index (χ3n) is 7.64. The summed E-state index contributed by atoms with van der Waals surface area (Å²) in [6, 6.07) is 9.22. The zero-order valence-electron chi connectivity index (χ0n) is 17.8. The van der Waals surface area contributed by atoms with Crippen molar-refractivity contribution in [1.82, 2.24) is 14.8 Å². The van der Waals surface area contributed by atoms with E-state index < -0.39 is 5.82 Å². The van der Waals surface area contributed by atoms with E-state index in [2.05, 4.69) is 26.9 Å². The normalized spacial score (nSPS) is 24.4. The van der Waals surface area contributed by atoms with Crippen LogP contribution in [0.25, 0.3) is 0 Å². The fraction of sp³-hybridized carbons (Fsp3) is 0.520. The van der Waals surface area contributed by atoms with E-state index in [-0.39, 0.29) is 23.2 Å². The van der Waals surface area contributed by atoms with Gasteiger partial charge in [-0.05, 0) is 49.4 Å². The Morgan fingerprint density at radius 2 is 1.77 bits per heavy atom. The monoisotopic (exact) mass is 423 g/mol. The molecule has 164 valence electrons. The number of benzene rings is 1. The van der Waals surface area contributed by atoms with Crippen LogP contribution < -0.4 is 0 Å². The maximum absolute atomic E-state index is 13.7. The molecule has 1 N–H and O–H groups in total. The van der Waals surface area contributed by atoms with Gasteiger partial charge in [-0.1, -0.05) is 31.4 Å². The molecule has 6 heteroatoms. The van der Waals surface area contributed by atoms with Gasteiger partial charge in [-0.15, -0.1) is 0 Å². The molecule has 5 rings (SSSR count). The number of likely N-dealkylation sites (tertiary alicyclic amines) is 2. The fourth-order valence-electron chi connectivity index (χ4n) is 6.05. The molecule has 1 atom stereocenters. The van der Waals surface area contributed by atoms with Gasteiger partial charge in [0.1, 0.15) is 0 Å². The summed E-state index contributed by atoms with van der Waals surface area (Å²) < 4.78 is 13.7. The van der Waals surface area contributed by atoms with E-state index in [1.807, 2.05) is 12.4 Å². The Bertz CT molecular complexity index is 937. The van der Waals surface area contributed by atoms with Crippen LogP contribution in [0, 0.1) is 11.2 Å². The number of aromatic nitrogens is 1. The highest BCUT2D eigenvalue weighted by molar-refractivity contribution is 5.91. The van der Waals surface area contributed by atoms with Crippen molar-refractivity contribution in [2.75, 3.05) is 13.1 Å². The second-order valence-electron chi connectivity index (χ2n) is 9.37. The standard InChI is InChI=1S/C25H30FN3O2/c26-21-6-4-5-19(22(21)30)17-28-15-9-20(10-16-28)29-23(18-7-13-27-14-8-18)25(24(29)31)11-2-1-3-12-25/h4-8,13-14,20,23,30H,1-3,9-12,15-17H2. The van der Waals surface area contributed by atoms with Crippen LogP contribution in [0.1, 0.15) is 62.1 Å². The Morgan fingerprint density at radius 1 is 1.06 bits per heavy atom. The zero-order chi connectivity index (χ0) is 21.4. The van der Waals surface area contributed by atoms with Gasteiger partial charge in [-0.3, -0.25) is 14.7 Å². The molecule has 0 bridgehead atoms. The lowest BCUT2D eigenvalue weighted by Gasteiger charge is -2.61. The Hall–Kier alpha value is -2.47. The van der Waals surface area contributed by atoms with Crippen LogP contribution >= 0.6 is 0 Å². The average Bonchev–Trinajstić information content (AvgIpc) is 2.82. The summed E-state index contributed by atoms with van der Waals surface area (Å²) >= 11 is 0. The number of nitrogens with zero attached hydrogens (tertiary/aromatic N) is 3. The van der Waals surface area contributed by atoms with Crippen molar-refractivity contribution in [3.63, 3.8) is 0 Å². The minimum atomic E-state index is -0.573. The van der Waals surface area contributed by atoms with Gasteiger partial charge < -0.3 is 10.0 Å². The van der Waals surface area contributed by atoms with Crippen molar-refractivity contribution < 1.29 is 14.3 Å². The van der Waals surface area contributed by atoms with Crippen LogP contribution in [0.5, 0.6) is 5.75 Å². The quantitative estimate of drug-likeness (QED) is 0.740. The van der Waals surface area contributed by atoms with E-state index in [4.69, 9.17) is 0 Å². The summed E-state index contributed by atoms with van der Waals surface area (Å²) in [6.45, 7) is 2.20. The summed E-state index contributed by atoms with van der Waals surface area (Å²) in [5, 5.41) is 9.99. The summed E-state index contributed by atoms with van der Waals surface area (Å²) in [5.41, 5.74) is 1.61. The van der Waals surface area contributed by atoms with Crippen molar-refractivity contribution >= 4 is 5.91 Å². The number of carbonyl (C=O) groups excluding carboxylic acids is 1. The molecule has 1 aromatic carbocycles. The maximum atomic E-state index is 13.7. The van der Waals surface area contributed by atoms with Crippen LogP contribution in [0.3, 0.4) is 0 Å². The Morgan fingerprint density at radius 3 is 2.48 bits per heavy atom. The van der Waals surface area contributed by atoms with Gasteiger partial charge in [0.15, 0.2) is 11.6 Å². The van der Waals surface area contributed by atoms with E-state index in [1.165, 1.54) is 18.1 Å². The van der Waals surface area contributed by atoms with Crippen LogP contribution in [0.4, 0.5) is 4.39 Å². The number of pyridine rings is 1. The third-order valence-corrected chi connectivity index (χ3v) is 7.64. The summed E-state index contributed by atoms with van der Waals surface area (Å²) in [7, 11) is 0. The molecule has 0 radical (unpaired) electrons. The van der Waals surface area contributed by atoms with E-state index in [0.717, 1.165) is 51.6 Å². The molecule has 2 aromatic rings. The molecule has 1 amide bonds. The van der Waals surface area contributed by atoms with E-state index in [0.29, 0.717) is 18.0 Å². The van der Waals surface area contributed by atoms with Crippen molar-refractivity contribution in [1.29, 1.82) is 0 Å². The SMILES string of the molecule is O=C1N(C2CCN(Cc3cccc(F)c3O)CC2)C(c2ccncc2)C12CCCCC2. The predicted octanol–water partition coefficient (Wildman–Crippen LogP) is 4.42. The Balaban J connectivity index is 1.30. The molecule has 3 fully saturated rings. The van der Waals surface area contributed by atoms with Crippen molar-refractivity contribution in [3.05, 3.63) is 59.7 Å². The first kappa shape index (κ1) is 20.4. The first-order valence-corrected chi connectivity index (χ1v) is 11.5. The van der Waals surface area contributed by atoms with Gasteiger partial charge in [-0.2, -0.15) is 0 Å². The Labute approximate surface area is 182 Å². The van der Waals surface area contributed by atoms with Gasteiger partial charge in [0.25, 0.3) is 0 Å².